The molecule has 0 saturated heterocycles. The number of benzene rings is 1. The maximum atomic E-state index is 13.4. The van der Waals surface area contributed by atoms with Gasteiger partial charge in [0.2, 0.25) is 0 Å². The first-order valence-corrected chi connectivity index (χ1v) is 7.62. The van der Waals surface area contributed by atoms with Crippen LogP contribution in [0.3, 0.4) is 0 Å². The number of rotatable bonds is 4. The van der Waals surface area contributed by atoms with Gasteiger partial charge in [-0.2, -0.15) is 0 Å². The third-order valence-corrected chi connectivity index (χ3v) is 4.13. The maximum absolute atomic E-state index is 13.4. The van der Waals surface area contributed by atoms with E-state index in [1.54, 1.807) is 13.1 Å². The van der Waals surface area contributed by atoms with Crippen molar-refractivity contribution in [1.29, 1.82) is 0 Å². The lowest BCUT2D eigenvalue weighted by Crippen LogP contribution is -2.28. The lowest BCUT2D eigenvalue weighted by molar-refractivity contribution is 0.309. The highest BCUT2D eigenvalue weighted by molar-refractivity contribution is 5.74. The largest absolute Gasteiger partial charge is 0.361 e. The molecular weight excluding hydrogens is 311 g/mol. The molecule has 2 aromatic heterocycles. The SMILES string of the molecule is Cc1noc(C)c1CN(C)Cc1nc2cc(F)ccc2n(C)c1=O. The Kier molecular flexibility index (Phi) is 4.19. The molecule has 0 bridgehead atoms. The summed E-state index contributed by atoms with van der Waals surface area (Å²) in [4.78, 5) is 18.8. The van der Waals surface area contributed by atoms with Crippen molar-refractivity contribution in [1.82, 2.24) is 19.6 Å². The Labute approximate surface area is 138 Å². The Bertz CT molecular complexity index is 942. The second kappa shape index (κ2) is 6.16. The third kappa shape index (κ3) is 2.94. The summed E-state index contributed by atoms with van der Waals surface area (Å²) in [5, 5.41) is 3.93. The predicted octanol–water partition coefficient (Wildman–Crippen LogP) is 2.31. The molecule has 7 heteroatoms. The predicted molar refractivity (Wildman–Crippen MR) is 88.1 cm³/mol. The molecule has 0 N–H and O–H groups in total. The minimum absolute atomic E-state index is 0.181. The van der Waals surface area contributed by atoms with Gasteiger partial charge < -0.3 is 9.09 Å². The summed E-state index contributed by atoms with van der Waals surface area (Å²) in [6.45, 7) is 4.69. The van der Waals surface area contributed by atoms with Gasteiger partial charge in [0.05, 0.1) is 16.7 Å². The average molecular weight is 330 g/mol. The highest BCUT2D eigenvalue weighted by Crippen LogP contribution is 2.16. The van der Waals surface area contributed by atoms with Crippen LogP contribution in [0.5, 0.6) is 0 Å². The first-order valence-electron chi connectivity index (χ1n) is 7.62. The molecule has 0 unspecified atom stereocenters. The molecular formula is C17H19FN4O2. The normalized spacial score (nSPS) is 11.6. The maximum Gasteiger partial charge on any atom is 0.273 e. The standard InChI is InChI=1S/C17H19FN4O2/c1-10-13(11(2)24-20-10)8-21(3)9-15-17(23)22(4)16-6-5-12(18)7-14(16)19-15/h5-7H,8-9H2,1-4H3. The molecule has 0 radical (unpaired) electrons. The first-order chi connectivity index (χ1) is 11.4. The molecule has 0 saturated carbocycles. The molecule has 3 aromatic rings. The van der Waals surface area contributed by atoms with Gasteiger partial charge in [-0.05, 0) is 33.0 Å². The van der Waals surface area contributed by atoms with Gasteiger partial charge >= 0.3 is 0 Å². The van der Waals surface area contributed by atoms with Gasteiger partial charge in [0.1, 0.15) is 17.3 Å². The summed E-state index contributed by atoms with van der Waals surface area (Å²) in [5.74, 6) is 0.393. The molecule has 24 heavy (non-hydrogen) atoms. The molecule has 126 valence electrons. The van der Waals surface area contributed by atoms with E-state index in [9.17, 15) is 9.18 Å². The fourth-order valence-corrected chi connectivity index (χ4v) is 2.78. The van der Waals surface area contributed by atoms with Crippen LogP contribution in [-0.4, -0.2) is 26.7 Å². The molecule has 0 atom stereocenters. The first kappa shape index (κ1) is 16.3. The van der Waals surface area contributed by atoms with E-state index < -0.39 is 0 Å². The van der Waals surface area contributed by atoms with E-state index in [0.29, 0.717) is 29.8 Å². The fraction of sp³-hybridized carbons (Fsp3) is 0.353. The quantitative estimate of drug-likeness (QED) is 0.734. The van der Waals surface area contributed by atoms with E-state index >= 15 is 0 Å². The monoisotopic (exact) mass is 330 g/mol. The number of fused-ring (bicyclic) bond motifs is 1. The third-order valence-electron chi connectivity index (χ3n) is 4.13. The van der Waals surface area contributed by atoms with Gasteiger partial charge in [-0.15, -0.1) is 0 Å². The topological polar surface area (TPSA) is 64.2 Å². The zero-order chi connectivity index (χ0) is 17.4. The van der Waals surface area contributed by atoms with Gasteiger partial charge in [-0.25, -0.2) is 9.37 Å². The highest BCUT2D eigenvalue weighted by atomic mass is 19.1. The van der Waals surface area contributed by atoms with Crippen LogP contribution in [0.1, 0.15) is 22.7 Å². The van der Waals surface area contributed by atoms with E-state index in [4.69, 9.17) is 4.52 Å². The van der Waals surface area contributed by atoms with Crippen LogP contribution in [0, 0.1) is 19.7 Å². The van der Waals surface area contributed by atoms with Crippen LogP contribution in [0.4, 0.5) is 4.39 Å². The van der Waals surface area contributed by atoms with Crippen LogP contribution in [0.15, 0.2) is 27.5 Å². The fourth-order valence-electron chi connectivity index (χ4n) is 2.78. The molecule has 0 amide bonds. The lowest BCUT2D eigenvalue weighted by Gasteiger charge is -2.16. The van der Waals surface area contributed by atoms with Crippen LogP contribution < -0.4 is 5.56 Å². The van der Waals surface area contributed by atoms with Crippen molar-refractivity contribution < 1.29 is 8.91 Å². The number of halogens is 1. The van der Waals surface area contributed by atoms with E-state index in [1.807, 2.05) is 25.8 Å². The van der Waals surface area contributed by atoms with Crippen molar-refractivity contribution in [2.75, 3.05) is 7.05 Å². The summed E-state index contributed by atoms with van der Waals surface area (Å²) < 4.78 is 20.1. The van der Waals surface area contributed by atoms with Crippen LogP contribution in [0.25, 0.3) is 11.0 Å². The second-order valence-corrected chi connectivity index (χ2v) is 6.03. The van der Waals surface area contributed by atoms with Gasteiger partial charge in [-0.3, -0.25) is 9.69 Å². The van der Waals surface area contributed by atoms with Crippen LogP contribution >= 0.6 is 0 Å². The van der Waals surface area contributed by atoms with Gasteiger partial charge in [0.25, 0.3) is 5.56 Å². The van der Waals surface area contributed by atoms with Crippen molar-refractivity contribution in [2.45, 2.75) is 26.9 Å². The number of hydrogen-bond donors (Lipinski definition) is 0. The number of hydrogen-bond acceptors (Lipinski definition) is 5. The zero-order valence-corrected chi connectivity index (χ0v) is 14.1. The number of nitrogens with zero attached hydrogens (tertiary/aromatic N) is 4. The van der Waals surface area contributed by atoms with Crippen molar-refractivity contribution in [3.05, 3.63) is 57.1 Å². The van der Waals surface area contributed by atoms with E-state index in [0.717, 1.165) is 17.0 Å². The lowest BCUT2D eigenvalue weighted by atomic mass is 10.2. The van der Waals surface area contributed by atoms with E-state index in [1.165, 1.54) is 16.7 Å². The summed E-state index contributed by atoms with van der Waals surface area (Å²) >= 11 is 0. The summed E-state index contributed by atoms with van der Waals surface area (Å²) in [7, 11) is 3.56. The summed E-state index contributed by atoms with van der Waals surface area (Å²) in [6, 6.07) is 4.23. The molecule has 2 heterocycles. The number of aromatic nitrogens is 3. The van der Waals surface area contributed by atoms with Gasteiger partial charge in [-0.1, -0.05) is 5.16 Å². The Hall–Kier alpha value is -2.54. The van der Waals surface area contributed by atoms with Crippen molar-refractivity contribution in [3.63, 3.8) is 0 Å². The second-order valence-electron chi connectivity index (χ2n) is 6.03. The molecule has 1 aromatic carbocycles. The highest BCUT2D eigenvalue weighted by Gasteiger charge is 2.15. The molecule has 0 aliphatic carbocycles. The van der Waals surface area contributed by atoms with Gasteiger partial charge in [0.15, 0.2) is 0 Å². The Morgan fingerprint density at radius 2 is 2.04 bits per heavy atom. The van der Waals surface area contributed by atoms with Crippen LogP contribution in [-0.2, 0) is 20.1 Å². The summed E-state index contributed by atoms with van der Waals surface area (Å²) in [6.07, 6.45) is 0. The minimum Gasteiger partial charge on any atom is -0.361 e. The Morgan fingerprint density at radius 3 is 2.71 bits per heavy atom. The zero-order valence-electron chi connectivity index (χ0n) is 14.1. The van der Waals surface area contributed by atoms with Gasteiger partial charge in [0, 0.05) is 31.8 Å². The minimum atomic E-state index is -0.372. The summed E-state index contributed by atoms with van der Waals surface area (Å²) in [5.41, 5.74) is 3.11. The van der Waals surface area contributed by atoms with E-state index in [2.05, 4.69) is 10.1 Å². The molecule has 6 nitrogen and oxygen atoms in total. The Morgan fingerprint density at radius 1 is 1.29 bits per heavy atom. The van der Waals surface area contributed by atoms with Crippen LogP contribution in [0.2, 0.25) is 0 Å². The van der Waals surface area contributed by atoms with Crippen molar-refractivity contribution in [2.24, 2.45) is 7.05 Å². The molecule has 0 fully saturated rings. The number of aryl methyl sites for hydroxylation is 3. The molecule has 0 spiro atoms. The van der Waals surface area contributed by atoms with E-state index in [-0.39, 0.29) is 11.4 Å². The molecule has 0 aliphatic rings. The molecule has 0 aliphatic heterocycles. The Balaban J connectivity index is 1.92. The average Bonchev–Trinajstić information content (AvgIpc) is 2.84. The van der Waals surface area contributed by atoms with Crippen molar-refractivity contribution in [3.8, 4) is 0 Å². The smallest absolute Gasteiger partial charge is 0.273 e. The van der Waals surface area contributed by atoms with Crippen molar-refractivity contribution >= 4 is 11.0 Å². The molecule has 3 rings (SSSR count).